The highest BCUT2D eigenvalue weighted by Gasteiger charge is 2.34. The van der Waals surface area contributed by atoms with Crippen molar-refractivity contribution in [2.75, 3.05) is 29.9 Å². The van der Waals surface area contributed by atoms with Gasteiger partial charge >= 0.3 is 0 Å². The molecule has 0 saturated carbocycles. The molecule has 0 spiro atoms. The standard InChI is InChI=1S/C21H24N4O2/c26-20(23-17-10-11-19(22-15-17)24-12-4-5-13-24)18-9-6-14-25(18)21(27)16-7-2-1-3-8-16/h1-3,7-8,10-11,15,18H,4-6,9,12-14H2,(H,23,26)/t18-/m0/s1. The molecule has 1 atom stereocenters. The number of likely N-dealkylation sites (tertiary alicyclic amines) is 1. The number of pyridine rings is 1. The molecule has 2 aromatic rings. The van der Waals surface area contributed by atoms with E-state index in [9.17, 15) is 9.59 Å². The average Bonchev–Trinajstić information content (AvgIpc) is 3.41. The topological polar surface area (TPSA) is 65.5 Å². The van der Waals surface area contributed by atoms with E-state index < -0.39 is 6.04 Å². The third-order valence-corrected chi connectivity index (χ3v) is 5.28. The molecule has 27 heavy (non-hydrogen) atoms. The van der Waals surface area contributed by atoms with Crippen molar-refractivity contribution in [1.29, 1.82) is 0 Å². The minimum absolute atomic E-state index is 0.0873. The Hall–Kier alpha value is -2.89. The lowest BCUT2D eigenvalue weighted by atomic mass is 10.1. The summed E-state index contributed by atoms with van der Waals surface area (Å²) in [5, 5.41) is 2.92. The van der Waals surface area contributed by atoms with Crippen LogP contribution in [0.2, 0.25) is 0 Å². The van der Waals surface area contributed by atoms with E-state index in [-0.39, 0.29) is 11.8 Å². The van der Waals surface area contributed by atoms with Gasteiger partial charge < -0.3 is 15.1 Å². The number of anilines is 2. The number of nitrogens with zero attached hydrogens (tertiary/aromatic N) is 3. The fraction of sp³-hybridized carbons (Fsp3) is 0.381. The van der Waals surface area contributed by atoms with Gasteiger partial charge in [0.15, 0.2) is 0 Å². The summed E-state index contributed by atoms with van der Waals surface area (Å²) in [5.41, 5.74) is 1.29. The zero-order valence-corrected chi connectivity index (χ0v) is 15.3. The van der Waals surface area contributed by atoms with Crippen LogP contribution in [0.5, 0.6) is 0 Å². The van der Waals surface area contributed by atoms with Crippen LogP contribution in [0.15, 0.2) is 48.7 Å². The van der Waals surface area contributed by atoms with Crippen molar-refractivity contribution in [2.24, 2.45) is 0 Å². The van der Waals surface area contributed by atoms with Crippen molar-refractivity contribution in [3.8, 4) is 0 Å². The second-order valence-electron chi connectivity index (χ2n) is 7.11. The van der Waals surface area contributed by atoms with E-state index in [1.165, 1.54) is 12.8 Å². The molecule has 3 heterocycles. The molecule has 0 bridgehead atoms. The summed E-state index contributed by atoms with van der Waals surface area (Å²) in [4.78, 5) is 33.9. The molecule has 0 aliphatic carbocycles. The number of hydrogen-bond donors (Lipinski definition) is 1. The third kappa shape index (κ3) is 3.79. The first kappa shape index (κ1) is 17.5. The van der Waals surface area contributed by atoms with E-state index in [0.717, 1.165) is 25.3 Å². The van der Waals surface area contributed by atoms with E-state index in [0.29, 0.717) is 24.2 Å². The monoisotopic (exact) mass is 364 g/mol. The predicted octanol–water partition coefficient (Wildman–Crippen LogP) is 2.93. The lowest BCUT2D eigenvalue weighted by molar-refractivity contribution is -0.119. The van der Waals surface area contributed by atoms with E-state index in [1.54, 1.807) is 23.2 Å². The van der Waals surface area contributed by atoms with Crippen molar-refractivity contribution in [2.45, 2.75) is 31.7 Å². The van der Waals surface area contributed by atoms with Gasteiger partial charge in [0.05, 0.1) is 11.9 Å². The van der Waals surface area contributed by atoms with Crippen LogP contribution in [-0.4, -0.2) is 47.4 Å². The van der Waals surface area contributed by atoms with E-state index >= 15 is 0 Å². The van der Waals surface area contributed by atoms with Gasteiger partial charge in [0.2, 0.25) is 5.91 Å². The molecule has 2 amide bonds. The van der Waals surface area contributed by atoms with Crippen LogP contribution in [0.1, 0.15) is 36.0 Å². The van der Waals surface area contributed by atoms with Crippen LogP contribution < -0.4 is 10.2 Å². The first-order chi connectivity index (χ1) is 13.2. The molecule has 6 nitrogen and oxygen atoms in total. The van der Waals surface area contributed by atoms with Gasteiger partial charge in [-0.3, -0.25) is 9.59 Å². The van der Waals surface area contributed by atoms with Crippen LogP contribution >= 0.6 is 0 Å². The fourth-order valence-electron chi connectivity index (χ4n) is 3.85. The molecule has 2 aliphatic heterocycles. The Morgan fingerprint density at radius 1 is 0.963 bits per heavy atom. The Bertz CT molecular complexity index is 801. The first-order valence-corrected chi connectivity index (χ1v) is 9.60. The molecule has 2 aliphatic rings. The maximum Gasteiger partial charge on any atom is 0.254 e. The molecular formula is C21H24N4O2. The highest BCUT2D eigenvalue weighted by molar-refractivity contribution is 6.01. The van der Waals surface area contributed by atoms with Gasteiger partial charge in [0, 0.05) is 25.2 Å². The normalized spacial score (nSPS) is 19.3. The molecular weight excluding hydrogens is 340 g/mol. The minimum atomic E-state index is -0.434. The van der Waals surface area contributed by atoms with Crippen molar-refractivity contribution in [3.05, 3.63) is 54.2 Å². The number of rotatable bonds is 4. The van der Waals surface area contributed by atoms with Crippen LogP contribution in [0, 0.1) is 0 Å². The number of hydrogen-bond acceptors (Lipinski definition) is 4. The number of aromatic nitrogens is 1. The largest absolute Gasteiger partial charge is 0.357 e. The van der Waals surface area contributed by atoms with Crippen LogP contribution in [0.3, 0.4) is 0 Å². The van der Waals surface area contributed by atoms with Gasteiger partial charge in [0.25, 0.3) is 5.91 Å². The lowest BCUT2D eigenvalue weighted by Gasteiger charge is -2.24. The maximum atomic E-state index is 12.8. The Kier molecular flexibility index (Phi) is 5.05. The smallest absolute Gasteiger partial charge is 0.254 e. The van der Waals surface area contributed by atoms with Gasteiger partial charge in [-0.2, -0.15) is 0 Å². The molecule has 0 radical (unpaired) electrons. The minimum Gasteiger partial charge on any atom is -0.357 e. The van der Waals surface area contributed by atoms with Gasteiger partial charge in [-0.15, -0.1) is 0 Å². The Balaban J connectivity index is 1.42. The summed E-state index contributed by atoms with van der Waals surface area (Å²) in [6.07, 6.45) is 5.62. The van der Waals surface area contributed by atoms with Crippen molar-refractivity contribution >= 4 is 23.3 Å². The van der Waals surface area contributed by atoms with Gasteiger partial charge in [-0.1, -0.05) is 18.2 Å². The predicted molar refractivity (Wildman–Crippen MR) is 105 cm³/mol. The van der Waals surface area contributed by atoms with Gasteiger partial charge in [0.1, 0.15) is 11.9 Å². The fourth-order valence-corrected chi connectivity index (χ4v) is 3.85. The second kappa shape index (κ2) is 7.78. The SMILES string of the molecule is O=C(Nc1ccc(N2CCCC2)nc1)[C@@H]1CCCN1C(=O)c1ccccc1. The summed E-state index contributed by atoms with van der Waals surface area (Å²) >= 11 is 0. The summed E-state index contributed by atoms with van der Waals surface area (Å²) in [6, 6.07) is 12.5. The number of benzene rings is 1. The van der Waals surface area contributed by atoms with E-state index in [4.69, 9.17) is 0 Å². The Labute approximate surface area is 159 Å². The highest BCUT2D eigenvalue weighted by atomic mass is 16.2. The Morgan fingerprint density at radius 3 is 2.44 bits per heavy atom. The number of carbonyl (C=O) groups excluding carboxylic acids is 2. The molecule has 4 rings (SSSR count). The average molecular weight is 364 g/mol. The molecule has 0 unspecified atom stereocenters. The van der Waals surface area contributed by atoms with Gasteiger partial charge in [-0.25, -0.2) is 4.98 Å². The van der Waals surface area contributed by atoms with Crippen LogP contribution in [0.25, 0.3) is 0 Å². The third-order valence-electron chi connectivity index (χ3n) is 5.28. The lowest BCUT2D eigenvalue weighted by Crippen LogP contribution is -2.43. The highest BCUT2D eigenvalue weighted by Crippen LogP contribution is 2.23. The maximum absolute atomic E-state index is 12.8. The van der Waals surface area contributed by atoms with Crippen molar-refractivity contribution < 1.29 is 9.59 Å². The quantitative estimate of drug-likeness (QED) is 0.906. The number of carbonyl (C=O) groups is 2. The molecule has 6 heteroatoms. The van der Waals surface area contributed by atoms with Crippen molar-refractivity contribution in [3.63, 3.8) is 0 Å². The summed E-state index contributed by atoms with van der Waals surface area (Å²) in [6.45, 7) is 2.69. The van der Waals surface area contributed by atoms with Gasteiger partial charge in [-0.05, 0) is 49.9 Å². The van der Waals surface area contributed by atoms with Crippen LogP contribution in [-0.2, 0) is 4.79 Å². The first-order valence-electron chi connectivity index (χ1n) is 9.60. The summed E-state index contributed by atoms with van der Waals surface area (Å²) in [5.74, 6) is 0.718. The molecule has 1 N–H and O–H groups in total. The number of amides is 2. The zero-order chi connectivity index (χ0) is 18.6. The molecule has 1 aromatic heterocycles. The van der Waals surface area contributed by atoms with E-state index in [1.807, 2.05) is 30.3 Å². The second-order valence-corrected chi connectivity index (χ2v) is 7.11. The molecule has 1 aromatic carbocycles. The molecule has 2 saturated heterocycles. The molecule has 2 fully saturated rings. The molecule has 140 valence electrons. The Morgan fingerprint density at radius 2 is 1.74 bits per heavy atom. The zero-order valence-electron chi connectivity index (χ0n) is 15.3. The number of nitrogens with one attached hydrogen (secondary N) is 1. The van der Waals surface area contributed by atoms with E-state index in [2.05, 4.69) is 15.2 Å². The summed E-state index contributed by atoms with van der Waals surface area (Å²) in [7, 11) is 0. The summed E-state index contributed by atoms with van der Waals surface area (Å²) < 4.78 is 0. The van der Waals surface area contributed by atoms with Crippen molar-refractivity contribution in [1.82, 2.24) is 9.88 Å². The van der Waals surface area contributed by atoms with Crippen LogP contribution in [0.4, 0.5) is 11.5 Å².